The molecular weight excluding hydrogens is 747 g/mol. The van der Waals surface area contributed by atoms with E-state index >= 15 is 0 Å². The van der Waals surface area contributed by atoms with Crippen molar-refractivity contribution in [3.05, 3.63) is 235 Å². The molecule has 280 valence electrons. The molecule has 1 aromatic heterocycles. The number of hydrogen-bond donors (Lipinski definition) is 0. The van der Waals surface area contributed by atoms with Crippen LogP contribution in [-0.4, -0.2) is 15.0 Å². The molecule has 0 unspecified atom stereocenters. The van der Waals surface area contributed by atoms with Crippen LogP contribution in [0.1, 0.15) is 22.3 Å². The number of nitrogens with zero attached hydrogens (tertiary/aromatic N) is 3. The molecular formula is C56H35N3S. The zero-order valence-corrected chi connectivity index (χ0v) is 33.3. The third-order valence-corrected chi connectivity index (χ3v) is 13.3. The van der Waals surface area contributed by atoms with E-state index in [1.807, 2.05) is 72.4 Å². The lowest BCUT2D eigenvalue weighted by Gasteiger charge is -2.40. The molecule has 0 atom stereocenters. The van der Waals surface area contributed by atoms with Gasteiger partial charge in [0.25, 0.3) is 0 Å². The lowest BCUT2D eigenvalue weighted by molar-refractivity contribution is 0.724. The highest BCUT2D eigenvalue weighted by molar-refractivity contribution is 7.99. The van der Waals surface area contributed by atoms with Crippen LogP contribution in [0.25, 0.3) is 78.3 Å². The van der Waals surface area contributed by atoms with E-state index < -0.39 is 5.41 Å². The molecule has 0 saturated carbocycles. The minimum absolute atomic E-state index is 0.427. The molecule has 10 aromatic rings. The zero-order chi connectivity index (χ0) is 39.6. The second-order valence-electron chi connectivity index (χ2n) is 15.5. The third kappa shape index (κ3) is 5.49. The predicted octanol–water partition coefficient (Wildman–Crippen LogP) is 14.2. The molecule has 0 amide bonds. The summed E-state index contributed by atoms with van der Waals surface area (Å²) in [6.07, 6.45) is 0. The Hall–Kier alpha value is -7.40. The van der Waals surface area contributed by atoms with Gasteiger partial charge in [0, 0.05) is 26.5 Å². The van der Waals surface area contributed by atoms with Crippen molar-refractivity contribution < 1.29 is 0 Å². The molecule has 0 radical (unpaired) electrons. The van der Waals surface area contributed by atoms with Gasteiger partial charge in [-0.3, -0.25) is 0 Å². The van der Waals surface area contributed by atoms with Gasteiger partial charge in [0.1, 0.15) is 0 Å². The molecule has 2 aliphatic rings. The molecule has 0 saturated heterocycles. The highest BCUT2D eigenvalue weighted by Crippen LogP contribution is 2.62. The summed E-state index contributed by atoms with van der Waals surface area (Å²) in [7, 11) is 0. The van der Waals surface area contributed by atoms with Crippen LogP contribution in [0, 0.1) is 0 Å². The summed E-state index contributed by atoms with van der Waals surface area (Å²) < 4.78 is 0. The Balaban J connectivity index is 0.970. The maximum atomic E-state index is 5.01. The van der Waals surface area contributed by atoms with Gasteiger partial charge in [-0.1, -0.05) is 194 Å². The highest BCUT2D eigenvalue weighted by Gasteiger charge is 2.50. The van der Waals surface area contributed by atoms with Gasteiger partial charge in [-0.05, 0) is 96.7 Å². The first-order valence-corrected chi connectivity index (χ1v) is 21.2. The molecule has 4 heteroatoms. The largest absolute Gasteiger partial charge is 0.208 e. The first-order valence-electron chi connectivity index (χ1n) is 20.3. The summed E-state index contributed by atoms with van der Waals surface area (Å²) in [5.41, 5.74) is 15.0. The summed E-state index contributed by atoms with van der Waals surface area (Å²) in [6, 6.07) is 76.5. The number of benzene rings is 9. The van der Waals surface area contributed by atoms with E-state index in [0.29, 0.717) is 17.5 Å². The van der Waals surface area contributed by atoms with Gasteiger partial charge in [0.15, 0.2) is 17.5 Å². The number of rotatable bonds is 5. The fourth-order valence-corrected chi connectivity index (χ4v) is 10.7. The fourth-order valence-electron chi connectivity index (χ4n) is 9.43. The smallest absolute Gasteiger partial charge is 0.164 e. The van der Waals surface area contributed by atoms with E-state index in [-0.39, 0.29) is 0 Å². The Morgan fingerprint density at radius 3 is 1.32 bits per heavy atom. The van der Waals surface area contributed by atoms with Crippen LogP contribution in [0.3, 0.4) is 0 Å². The van der Waals surface area contributed by atoms with Crippen molar-refractivity contribution in [2.45, 2.75) is 15.2 Å². The predicted molar refractivity (Wildman–Crippen MR) is 246 cm³/mol. The van der Waals surface area contributed by atoms with Gasteiger partial charge in [-0.2, -0.15) is 0 Å². The standard InChI is InChI=1S/C56H35N3S/c1-3-15-36(16-4-1)53-57-54(37-17-5-2-6-18-37)59-55(58-53)44-24-14-23-40(32-44)38-21-13-22-39(31-38)43-29-30-49-51(35-43)60-52-34-42-20-8-7-19-41(42)33-50(52)56(49)47-27-11-9-25-45(47)46-26-10-12-28-48(46)56/h1-35H. The molecule has 60 heavy (non-hydrogen) atoms. The van der Waals surface area contributed by atoms with Crippen molar-refractivity contribution >= 4 is 22.5 Å². The van der Waals surface area contributed by atoms with Crippen LogP contribution < -0.4 is 0 Å². The van der Waals surface area contributed by atoms with Crippen LogP contribution in [0.2, 0.25) is 0 Å². The Labute approximate surface area is 353 Å². The monoisotopic (exact) mass is 781 g/mol. The van der Waals surface area contributed by atoms with E-state index in [1.165, 1.54) is 65.1 Å². The van der Waals surface area contributed by atoms with E-state index in [9.17, 15) is 0 Å². The second kappa shape index (κ2) is 13.9. The average Bonchev–Trinajstić information content (AvgIpc) is 3.62. The van der Waals surface area contributed by atoms with Gasteiger partial charge in [0.2, 0.25) is 0 Å². The van der Waals surface area contributed by atoms with Crippen molar-refractivity contribution in [1.82, 2.24) is 15.0 Å². The first kappa shape index (κ1) is 34.6. The van der Waals surface area contributed by atoms with Crippen molar-refractivity contribution in [2.24, 2.45) is 0 Å². The van der Waals surface area contributed by atoms with Gasteiger partial charge in [-0.15, -0.1) is 0 Å². The molecule has 9 aromatic carbocycles. The van der Waals surface area contributed by atoms with Crippen molar-refractivity contribution in [3.63, 3.8) is 0 Å². The molecule has 3 nitrogen and oxygen atoms in total. The Bertz CT molecular complexity index is 3200. The van der Waals surface area contributed by atoms with E-state index in [2.05, 4.69) is 152 Å². The summed E-state index contributed by atoms with van der Waals surface area (Å²) in [5, 5.41) is 2.53. The summed E-state index contributed by atoms with van der Waals surface area (Å²) in [6.45, 7) is 0. The van der Waals surface area contributed by atoms with E-state index in [0.717, 1.165) is 27.8 Å². The molecule has 0 N–H and O–H groups in total. The average molecular weight is 782 g/mol. The zero-order valence-electron chi connectivity index (χ0n) is 32.5. The molecule has 0 bridgehead atoms. The topological polar surface area (TPSA) is 38.7 Å². The minimum atomic E-state index is -0.427. The summed E-state index contributed by atoms with van der Waals surface area (Å²) >= 11 is 1.90. The van der Waals surface area contributed by atoms with Crippen LogP contribution >= 0.6 is 11.8 Å². The van der Waals surface area contributed by atoms with Crippen molar-refractivity contribution in [3.8, 4) is 67.5 Å². The molecule has 12 rings (SSSR count). The van der Waals surface area contributed by atoms with Gasteiger partial charge in [0.05, 0.1) is 5.41 Å². The lowest BCUT2D eigenvalue weighted by atomic mass is 9.67. The van der Waals surface area contributed by atoms with E-state index in [1.54, 1.807) is 0 Å². The van der Waals surface area contributed by atoms with Crippen LogP contribution in [0.15, 0.2) is 222 Å². The van der Waals surface area contributed by atoms with Crippen molar-refractivity contribution in [2.75, 3.05) is 0 Å². The highest BCUT2D eigenvalue weighted by atomic mass is 32.2. The van der Waals surface area contributed by atoms with Gasteiger partial charge in [-0.25, -0.2) is 15.0 Å². The molecule has 1 aliphatic heterocycles. The second-order valence-corrected chi connectivity index (χ2v) is 16.6. The number of fused-ring (bicyclic) bond motifs is 10. The Morgan fingerprint density at radius 2 is 0.717 bits per heavy atom. The quantitative estimate of drug-likeness (QED) is 0.174. The maximum absolute atomic E-state index is 5.01. The lowest BCUT2D eigenvalue weighted by Crippen LogP contribution is -2.32. The molecule has 0 fully saturated rings. The molecule has 1 spiro atoms. The number of hydrogen-bond acceptors (Lipinski definition) is 4. The number of aromatic nitrogens is 3. The normalized spacial score (nSPS) is 13.1. The van der Waals surface area contributed by atoms with Gasteiger partial charge < -0.3 is 0 Å². The van der Waals surface area contributed by atoms with Crippen LogP contribution in [-0.2, 0) is 5.41 Å². The van der Waals surface area contributed by atoms with Crippen LogP contribution in [0.4, 0.5) is 0 Å². The van der Waals surface area contributed by atoms with Crippen LogP contribution in [0.5, 0.6) is 0 Å². The molecule has 2 heterocycles. The SMILES string of the molecule is c1ccc(-c2nc(-c3ccccc3)nc(-c3cccc(-c4cccc(-c5ccc6c(c5)Sc5cc7ccccc7cc5C65c6ccccc6-c6ccccc65)c4)c3)n2)cc1. The summed E-state index contributed by atoms with van der Waals surface area (Å²) in [4.78, 5) is 17.5. The van der Waals surface area contributed by atoms with E-state index in [4.69, 9.17) is 15.0 Å². The fraction of sp³-hybridized carbons (Fsp3) is 0.0179. The van der Waals surface area contributed by atoms with Crippen molar-refractivity contribution in [1.29, 1.82) is 0 Å². The molecule has 1 aliphatic carbocycles. The Kier molecular flexibility index (Phi) is 8.00. The Morgan fingerprint density at radius 1 is 0.283 bits per heavy atom. The summed E-state index contributed by atoms with van der Waals surface area (Å²) in [5.74, 6) is 1.95. The van der Waals surface area contributed by atoms with Gasteiger partial charge >= 0.3 is 0 Å². The first-order chi connectivity index (χ1) is 29.7. The minimum Gasteiger partial charge on any atom is -0.208 e. The maximum Gasteiger partial charge on any atom is 0.164 e. The third-order valence-electron chi connectivity index (χ3n) is 12.2.